The van der Waals surface area contributed by atoms with Gasteiger partial charge in [0.05, 0.1) is 5.70 Å². The van der Waals surface area contributed by atoms with E-state index in [2.05, 4.69) is 30.2 Å². The quantitative estimate of drug-likeness (QED) is 0.422. The van der Waals surface area contributed by atoms with Crippen molar-refractivity contribution in [3.05, 3.63) is 47.4 Å². The van der Waals surface area contributed by atoms with Crippen molar-refractivity contribution in [2.45, 2.75) is 55.4 Å². The van der Waals surface area contributed by atoms with Crippen LogP contribution in [0.25, 0.3) is 0 Å². The summed E-state index contributed by atoms with van der Waals surface area (Å²) in [5.74, 6) is 0.938. The third-order valence-corrected chi connectivity index (χ3v) is 2.37. The summed E-state index contributed by atoms with van der Waals surface area (Å²) in [6.07, 6.45) is 5.34. The fraction of sp³-hybridized carbons (Fsp3) is 0.500. The minimum absolute atomic E-state index is 0. The van der Waals surface area contributed by atoms with Crippen molar-refractivity contribution in [3.8, 4) is 0 Å². The van der Waals surface area contributed by atoms with Crippen LogP contribution in [-0.2, 0) is 46.9 Å². The Balaban J connectivity index is -0.000000104. The minimum atomic E-state index is 0. The van der Waals surface area contributed by atoms with Gasteiger partial charge in [-0.3, -0.25) is 0 Å². The molecule has 0 bridgehead atoms. The number of hydrogen-bond acceptors (Lipinski definition) is 2. The van der Waals surface area contributed by atoms with Crippen LogP contribution in [0.1, 0.15) is 52.8 Å². The molecule has 3 nitrogen and oxygen atoms in total. The predicted octanol–water partition coefficient (Wildman–Crippen LogP) is 5.01. The number of H-pyrrole nitrogens is 1. The molecule has 0 aromatic carbocycles. The Kier molecular flexibility index (Phi) is 27.1. The number of hydrogen-bond donors (Lipinski definition) is 2. The molecule has 0 atom stereocenters. The maximum Gasteiger partial charge on any atom is 0.119 e. The fourth-order valence-corrected chi connectivity index (χ4v) is 1.02. The van der Waals surface area contributed by atoms with Crippen molar-refractivity contribution in [3.63, 3.8) is 0 Å². The first-order valence-electron chi connectivity index (χ1n) is 6.97. The summed E-state index contributed by atoms with van der Waals surface area (Å²) in [6.45, 7) is 16.0. The molecule has 2 heterocycles. The number of aromatic amines is 1. The summed E-state index contributed by atoms with van der Waals surface area (Å²) < 4.78 is 5.03. The zero-order valence-electron chi connectivity index (χ0n) is 14.5. The smallest absolute Gasteiger partial charge is 0.119 e. The van der Waals surface area contributed by atoms with Crippen molar-refractivity contribution in [2.75, 3.05) is 0 Å². The minimum Gasteiger partial charge on any atom is -0.466 e. The van der Waals surface area contributed by atoms with E-state index in [4.69, 9.17) is 4.74 Å². The molecule has 0 saturated carbocycles. The van der Waals surface area contributed by atoms with Gasteiger partial charge in [0.25, 0.3) is 0 Å². The molecule has 122 valence electrons. The molecule has 0 unspecified atom stereocenters. The Morgan fingerprint density at radius 2 is 1.43 bits per heavy atom. The average Bonchev–Trinajstić information content (AvgIpc) is 2.83. The third-order valence-electron chi connectivity index (χ3n) is 2.37. The van der Waals surface area contributed by atoms with Crippen molar-refractivity contribution in [1.82, 2.24) is 10.3 Å². The fourth-order valence-electron chi connectivity index (χ4n) is 1.02. The van der Waals surface area contributed by atoms with Gasteiger partial charge in [-0.25, -0.2) is 0 Å². The Morgan fingerprint density at radius 3 is 1.62 bits per heavy atom. The summed E-state index contributed by atoms with van der Waals surface area (Å²) in [7, 11) is 0. The Bertz CT molecular complexity index is 353. The van der Waals surface area contributed by atoms with E-state index in [0.717, 1.165) is 11.5 Å². The maximum atomic E-state index is 5.03. The molecule has 2 rings (SSSR count). The maximum absolute atomic E-state index is 5.03. The molecule has 5 heteroatoms. The molecule has 21 heavy (non-hydrogen) atoms. The van der Waals surface area contributed by atoms with E-state index >= 15 is 0 Å². The molecule has 1 aliphatic rings. The summed E-state index contributed by atoms with van der Waals surface area (Å²) in [6, 6.07) is 2.06. The Morgan fingerprint density at radius 1 is 0.905 bits per heavy atom. The Labute approximate surface area is 159 Å². The van der Waals surface area contributed by atoms with Gasteiger partial charge in [-0.1, -0.05) is 27.7 Å². The van der Waals surface area contributed by atoms with Gasteiger partial charge in [0, 0.05) is 60.2 Å². The van der Waals surface area contributed by atoms with E-state index in [-0.39, 0.29) is 42.1 Å². The first-order chi connectivity index (χ1) is 9.11. The summed E-state index contributed by atoms with van der Waals surface area (Å²) in [5, 5.41) is 3.01. The molecule has 0 saturated heterocycles. The molecule has 0 radical (unpaired) electrons. The van der Waals surface area contributed by atoms with E-state index in [1.54, 1.807) is 12.5 Å². The molecule has 0 amide bonds. The number of nitrogens with one attached hydrogen (secondary N) is 2. The van der Waals surface area contributed by atoms with Crippen LogP contribution in [0.4, 0.5) is 0 Å². The van der Waals surface area contributed by atoms with Crippen molar-refractivity contribution in [1.29, 1.82) is 0 Å². The van der Waals surface area contributed by atoms with Crippen LogP contribution in [0, 0.1) is 13.8 Å². The second kappa shape index (κ2) is 19.7. The van der Waals surface area contributed by atoms with Crippen LogP contribution < -0.4 is 5.32 Å². The standard InChI is InChI=1S/C6H9NO.C6H9N.2C2H6.2W/c1-5-6(2)8-4-3-7-5;1-5-3-4-7-6(5)2;2*1-2;;/h3-4,7H,1-2H3;3-4,7H,1-2H3;2*1-2H3;;. The number of aryl methyl sites for hydroxylation is 2. The largest absolute Gasteiger partial charge is 0.466 e. The van der Waals surface area contributed by atoms with Crippen molar-refractivity contribution >= 4 is 0 Å². The molecule has 0 aliphatic carbocycles. The van der Waals surface area contributed by atoms with Gasteiger partial charge in [-0.2, -0.15) is 0 Å². The van der Waals surface area contributed by atoms with Crippen molar-refractivity contribution in [2.24, 2.45) is 0 Å². The molecular weight excluding hydrogens is 604 g/mol. The van der Waals surface area contributed by atoms with E-state index in [9.17, 15) is 0 Å². The first-order valence-corrected chi connectivity index (χ1v) is 6.97. The van der Waals surface area contributed by atoms with Gasteiger partial charge in [0.2, 0.25) is 0 Å². The molecule has 2 N–H and O–H groups in total. The topological polar surface area (TPSA) is 37.0 Å². The molecule has 0 spiro atoms. The van der Waals surface area contributed by atoms with E-state index in [0.29, 0.717) is 0 Å². The zero-order valence-corrected chi connectivity index (χ0v) is 20.4. The van der Waals surface area contributed by atoms with Crippen LogP contribution in [0.5, 0.6) is 0 Å². The Hall–Kier alpha value is -0.263. The van der Waals surface area contributed by atoms with Gasteiger partial charge >= 0.3 is 0 Å². The van der Waals surface area contributed by atoms with Crippen LogP contribution in [0.2, 0.25) is 0 Å². The average molecular weight is 634 g/mol. The zero-order chi connectivity index (χ0) is 15.3. The second-order valence-corrected chi connectivity index (χ2v) is 3.53. The molecule has 1 aromatic heterocycles. The van der Waals surface area contributed by atoms with Crippen LogP contribution in [0.3, 0.4) is 0 Å². The van der Waals surface area contributed by atoms with E-state index in [1.165, 1.54) is 11.3 Å². The second-order valence-electron chi connectivity index (χ2n) is 3.53. The number of aromatic nitrogens is 1. The van der Waals surface area contributed by atoms with Crippen LogP contribution >= 0.6 is 0 Å². The van der Waals surface area contributed by atoms with Gasteiger partial charge in [-0.15, -0.1) is 0 Å². The van der Waals surface area contributed by atoms with Gasteiger partial charge in [0.1, 0.15) is 12.0 Å². The predicted molar refractivity (Wildman–Crippen MR) is 84.7 cm³/mol. The number of allylic oxidation sites excluding steroid dienone is 2. The van der Waals surface area contributed by atoms with Gasteiger partial charge in [0.15, 0.2) is 0 Å². The molecular formula is C16H30N2OW2. The van der Waals surface area contributed by atoms with Gasteiger partial charge in [-0.05, 0) is 39.3 Å². The van der Waals surface area contributed by atoms with Gasteiger partial charge < -0.3 is 15.0 Å². The normalized spacial score (nSPS) is 10.5. The van der Waals surface area contributed by atoms with Crippen LogP contribution in [-0.4, -0.2) is 4.98 Å². The third kappa shape index (κ3) is 14.4. The molecule has 1 aliphatic heterocycles. The molecule has 1 aromatic rings. The monoisotopic (exact) mass is 634 g/mol. The first kappa shape index (κ1) is 28.8. The van der Waals surface area contributed by atoms with Crippen LogP contribution in [0.15, 0.2) is 36.2 Å². The van der Waals surface area contributed by atoms with Crippen molar-refractivity contribution < 1.29 is 46.9 Å². The summed E-state index contributed by atoms with van der Waals surface area (Å²) >= 11 is 0. The SMILES string of the molecule is CC.CC.CC1=C(C)OC=CN1.Cc1cc[nH]c1C.[W].[W]. The number of rotatable bonds is 0. The van der Waals surface area contributed by atoms with E-state index < -0.39 is 0 Å². The molecule has 0 fully saturated rings. The summed E-state index contributed by atoms with van der Waals surface area (Å²) in [5.41, 5.74) is 3.67. The van der Waals surface area contributed by atoms with E-state index in [1.807, 2.05) is 47.7 Å². The number of ether oxygens (including phenoxy) is 1. The summed E-state index contributed by atoms with van der Waals surface area (Å²) in [4.78, 5) is 3.07.